The van der Waals surface area contributed by atoms with E-state index in [2.05, 4.69) is 12.1 Å². The zero-order valence-electron chi connectivity index (χ0n) is 12.8. The third-order valence-electron chi connectivity index (χ3n) is 3.64. The van der Waals surface area contributed by atoms with Gasteiger partial charge in [0.2, 0.25) is 0 Å². The summed E-state index contributed by atoms with van der Waals surface area (Å²) in [4.78, 5) is 10.5. The van der Waals surface area contributed by atoms with Crippen LogP contribution in [0, 0.1) is 4.91 Å². The fourth-order valence-corrected chi connectivity index (χ4v) is 2.27. The van der Waals surface area contributed by atoms with Crippen LogP contribution in [-0.4, -0.2) is 5.54 Å². The van der Waals surface area contributed by atoms with Crippen LogP contribution in [0.25, 0.3) is 0 Å². The molecule has 0 aliphatic rings. The SMILES string of the molecule is CCCCCCCCCCCCCC(C)(C)N=O. The Hall–Kier alpha value is -0.400. The van der Waals surface area contributed by atoms with Gasteiger partial charge in [-0.3, -0.25) is 0 Å². The van der Waals surface area contributed by atoms with Crippen LogP contribution in [0.15, 0.2) is 5.18 Å². The highest BCUT2D eigenvalue weighted by Crippen LogP contribution is 2.19. The van der Waals surface area contributed by atoms with Gasteiger partial charge in [0.25, 0.3) is 0 Å². The average molecular weight is 255 g/mol. The van der Waals surface area contributed by atoms with E-state index in [1.54, 1.807) is 0 Å². The van der Waals surface area contributed by atoms with Crippen LogP contribution < -0.4 is 0 Å². The van der Waals surface area contributed by atoms with Gasteiger partial charge in [-0.15, -0.1) is 0 Å². The second-order valence-electron chi connectivity index (χ2n) is 6.19. The highest BCUT2D eigenvalue weighted by atomic mass is 16.3. The molecule has 0 atom stereocenters. The molecule has 108 valence electrons. The van der Waals surface area contributed by atoms with Crippen molar-refractivity contribution in [3.05, 3.63) is 4.91 Å². The van der Waals surface area contributed by atoms with E-state index in [1.807, 2.05) is 13.8 Å². The number of unbranched alkanes of at least 4 members (excludes halogenated alkanes) is 10. The fourth-order valence-electron chi connectivity index (χ4n) is 2.27. The van der Waals surface area contributed by atoms with Crippen molar-refractivity contribution >= 4 is 0 Å². The molecular formula is C16H33NO. The number of hydrogen-bond acceptors (Lipinski definition) is 2. The van der Waals surface area contributed by atoms with Crippen LogP contribution in [-0.2, 0) is 0 Å². The number of hydrogen-bond donors (Lipinski definition) is 0. The Morgan fingerprint density at radius 3 is 1.50 bits per heavy atom. The minimum atomic E-state index is -0.348. The normalized spacial score (nSPS) is 11.7. The molecule has 0 aromatic rings. The maximum Gasteiger partial charge on any atom is 0.0970 e. The van der Waals surface area contributed by atoms with Crippen LogP contribution >= 0.6 is 0 Å². The largest absolute Gasteiger partial charge is 0.150 e. The summed E-state index contributed by atoms with van der Waals surface area (Å²) in [7, 11) is 0. The van der Waals surface area contributed by atoms with E-state index < -0.39 is 0 Å². The molecule has 0 bridgehead atoms. The molecule has 0 fully saturated rings. The van der Waals surface area contributed by atoms with Crippen LogP contribution in [0.4, 0.5) is 0 Å². The predicted molar refractivity (Wildman–Crippen MR) is 81.0 cm³/mol. The Kier molecular flexibility index (Phi) is 11.4. The molecule has 0 aliphatic carbocycles. The smallest absolute Gasteiger partial charge is 0.0970 e. The van der Waals surface area contributed by atoms with Crippen molar-refractivity contribution < 1.29 is 0 Å². The fraction of sp³-hybridized carbons (Fsp3) is 1.00. The zero-order valence-corrected chi connectivity index (χ0v) is 12.8. The standard InChI is InChI=1S/C16H33NO/c1-4-5-6-7-8-9-10-11-12-13-14-15-16(2,3)17-18/h4-15H2,1-3H3. The molecule has 0 aromatic carbocycles. The average Bonchev–Trinajstić information content (AvgIpc) is 2.36. The van der Waals surface area contributed by atoms with Crippen molar-refractivity contribution in [2.45, 2.75) is 103 Å². The van der Waals surface area contributed by atoms with Gasteiger partial charge in [-0.25, -0.2) is 0 Å². The molecule has 0 radical (unpaired) electrons. The van der Waals surface area contributed by atoms with Gasteiger partial charge >= 0.3 is 0 Å². The maximum atomic E-state index is 10.5. The second kappa shape index (κ2) is 11.7. The Morgan fingerprint density at radius 1 is 0.722 bits per heavy atom. The van der Waals surface area contributed by atoms with Crippen molar-refractivity contribution in [3.8, 4) is 0 Å². The molecule has 2 nitrogen and oxygen atoms in total. The summed E-state index contributed by atoms with van der Waals surface area (Å²) in [6, 6.07) is 0. The Labute approximate surface area is 114 Å². The number of rotatable bonds is 13. The van der Waals surface area contributed by atoms with E-state index in [0.717, 1.165) is 12.8 Å². The summed E-state index contributed by atoms with van der Waals surface area (Å²) in [5.41, 5.74) is -0.348. The lowest BCUT2D eigenvalue weighted by Crippen LogP contribution is -2.14. The lowest BCUT2D eigenvalue weighted by Gasteiger charge is -2.14. The minimum absolute atomic E-state index is 0.348. The highest BCUT2D eigenvalue weighted by molar-refractivity contribution is 4.75. The first-order valence-electron chi connectivity index (χ1n) is 7.97. The van der Waals surface area contributed by atoms with Gasteiger partial charge in [0.15, 0.2) is 0 Å². The van der Waals surface area contributed by atoms with Crippen LogP contribution in [0.1, 0.15) is 97.8 Å². The molecule has 2 heteroatoms. The maximum absolute atomic E-state index is 10.5. The quantitative estimate of drug-likeness (QED) is 0.283. The minimum Gasteiger partial charge on any atom is -0.150 e. The van der Waals surface area contributed by atoms with Gasteiger partial charge in [-0.05, 0) is 20.3 Å². The molecular weight excluding hydrogens is 222 g/mol. The van der Waals surface area contributed by atoms with Crippen molar-refractivity contribution in [2.75, 3.05) is 0 Å². The molecule has 0 rings (SSSR count). The Bertz CT molecular complexity index is 190. The summed E-state index contributed by atoms with van der Waals surface area (Å²) >= 11 is 0. The van der Waals surface area contributed by atoms with E-state index in [0.29, 0.717) is 0 Å². The topological polar surface area (TPSA) is 29.4 Å². The first kappa shape index (κ1) is 17.6. The summed E-state index contributed by atoms with van der Waals surface area (Å²) in [5, 5.41) is 3.15. The third-order valence-corrected chi connectivity index (χ3v) is 3.64. The van der Waals surface area contributed by atoms with Gasteiger partial charge in [0.05, 0.1) is 5.54 Å². The lowest BCUT2D eigenvalue weighted by molar-refractivity contribution is 0.439. The van der Waals surface area contributed by atoms with E-state index >= 15 is 0 Å². The van der Waals surface area contributed by atoms with E-state index in [-0.39, 0.29) is 5.54 Å². The molecule has 18 heavy (non-hydrogen) atoms. The first-order valence-corrected chi connectivity index (χ1v) is 7.97. The molecule has 0 spiro atoms. The molecule has 0 unspecified atom stereocenters. The van der Waals surface area contributed by atoms with Gasteiger partial charge in [0.1, 0.15) is 0 Å². The summed E-state index contributed by atoms with van der Waals surface area (Å²) in [6.07, 6.45) is 15.8. The Morgan fingerprint density at radius 2 is 1.11 bits per heavy atom. The van der Waals surface area contributed by atoms with Crippen molar-refractivity contribution in [2.24, 2.45) is 5.18 Å². The van der Waals surface area contributed by atoms with Crippen molar-refractivity contribution in [1.29, 1.82) is 0 Å². The van der Waals surface area contributed by atoms with E-state index in [4.69, 9.17) is 0 Å². The van der Waals surface area contributed by atoms with E-state index in [1.165, 1.54) is 64.2 Å². The summed E-state index contributed by atoms with van der Waals surface area (Å²) in [6.45, 7) is 6.12. The van der Waals surface area contributed by atoms with Crippen molar-refractivity contribution in [3.63, 3.8) is 0 Å². The van der Waals surface area contributed by atoms with Crippen LogP contribution in [0.3, 0.4) is 0 Å². The molecule has 0 amide bonds. The number of nitrogens with zero attached hydrogens (tertiary/aromatic N) is 1. The summed E-state index contributed by atoms with van der Waals surface area (Å²) < 4.78 is 0. The zero-order chi connectivity index (χ0) is 13.7. The van der Waals surface area contributed by atoms with Crippen LogP contribution in [0.2, 0.25) is 0 Å². The van der Waals surface area contributed by atoms with Gasteiger partial charge in [-0.2, -0.15) is 4.91 Å². The Balaban J connectivity index is 3.10. The predicted octanol–water partition coefficient (Wildman–Crippen LogP) is 6.23. The number of nitroso groups, excluding NO2 is 1. The van der Waals surface area contributed by atoms with Gasteiger partial charge in [0, 0.05) is 0 Å². The van der Waals surface area contributed by atoms with Gasteiger partial charge in [-0.1, -0.05) is 82.7 Å². The third kappa shape index (κ3) is 12.1. The molecule has 0 saturated carbocycles. The second-order valence-corrected chi connectivity index (χ2v) is 6.19. The monoisotopic (exact) mass is 255 g/mol. The molecule has 0 aromatic heterocycles. The molecule has 0 N–H and O–H groups in total. The molecule has 0 saturated heterocycles. The van der Waals surface area contributed by atoms with Gasteiger partial charge < -0.3 is 0 Å². The summed E-state index contributed by atoms with van der Waals surface area (Å²) in [5.74, 6) is 0. The van der Waals surface area contributed by atoms with E-state index in [9.17, 15) is 4.91 Å². The highest BCUT2D eigenvalue weighted by Gasteiger charge is 2.16. The van der Waals surface area contributed by atoms with Crippen molar-refractivity contribution in [1.82, 2.24) is 0 Å². The molecule has 0 heterocycles. The molecule has 0 aliphatic heterocycles. The first-order chi connectivity index (χ1) is 8.62. The lowest BCUT2D eigenvalue weighted by atomic mass is 9.97. The van der Waals surface area contributed by atoms with Crippen LogP contribution in [0.5, 0.6) is 0 Å².